The smallest absolute Gasteiger partial charge is 0.214 e. The highest BCUT2D eigenvalue weighted by atomic mass is 32.2. The summed E-state index contributed by atoms with van der Waals surface area (Å²) < 4.78 is 25.9. The van der Waals surface area contributed by atoms with Crippen molar-refractivity contribution < 1.29 is 8.42 Å². The van der Waals surface area contributed by atoms with Gasteiger partial charge in [0.15, 0.2) is 0 Å². The molecule has 0 aromatic heterocycles. The van der Waals surface area contributed by atoms with E-state index in [2.05, 4.69) is 24.1 Å². The van der Waals surface area contributed by atoms with Gasteiger partial charge in [-0.05, 0) is 33.4 Å². The van der Waals surface area contributed by atoms with E-state index in [-0.39, 0.29) is 5.75 Å². The van der Waals surface area contributed by atoms with Gasteiger partial charge in [0.05, 0.1) is 5.75 Å². The summed E-state index contributed by atoms with van der Waals surface area (Å²) in [5, 5.41) is 3.15. The Morgan fingerprint density at radius 2 is 1.78 bits per heavy atom. The van der Waals surface area contributed by atoms with Crippen molar-refractivity contribution in [3.05, 3.63) is 0 Å². The molecule has 1 N–H and O–H groups in total. The molecule has 18 heavy (non-hydrogen) atoms. The zero-order valence-corrected chi connectivity index (χ0v) is 12.7. The van der Waals surface area contributed by atoms with Crippen molar-refractivity contribution in [2.24, 2.45) is 0 Å². The van der Waals surface area contributed by atoms with Crippen LogP contribution in [0.4, 0.5) is 0 Å². The second-order valence-corrected chi connectivity index (χ2v) is 7.14. The highest BCUT2D eigenvalue weighted by Gasteiger charge is 2.27. The van der Waals surface area contributed by atoms with Crippen LogP contribution in [-0.2, 0) is 10.0 Å². The predicted molar refractivity (Wildman–Crippen MR) is 75.2 cm³/mol. The minimum Gasteiger partial charge on any atom is -0.317 e. The molecule has 0 saturated carbocycles. The molecule has 6 heteroatoms. The monoisotopic (exact) mass is 277 g/mol. The fourth-order valence-electron chi connectivity index (χ4n) is 2.18. The van der Waals surface area contributed by atoms with Crippen LogP contribution in [0.2, 0.25) is 0 Å². The molecule has 0 spiro atoms. The van der Waals surface area contributed by atoms with Gasteiger partial charge in [0.2, 0.25) is 10.0 Å². The van der Waals surface area contributed by atoms with Crippen LogP contribution in [0.15, 0.2) is 0 Å². The molecule has 1 saturated heterocycles. The summed E-state index contributed by atoms with van der Waals surface area (Å²) in [7, 11) is -3.05. The minimum atomic E-state index is -3.05. The zero-order valence-electron chi connectivity index (χ0n) is 11.9. The first-order valence-corrected chi connectivity index (χ1v) is 8.51. The van der Waals surface area contributed by atoms with Gasteiger partial charge in [-0.1, -0.05) is 6.92 Å². The van der Waals surface area contributed by atoms with Crippen molar-refractivity contribution in [2.75, 3.05) is 45.0 Å². The van der Waals surface area contributed by atoms with Crippen molar-refractivity contribution in [2.45, 2.75) is 33.2 Å². The first kappa shape index (κ1) is 15.9. The molecule has 1 heterocycles. The van der Waals surface area contributed by atoms with Gasteiger partial charge in [0.25, 0.3) is 0 Å². The number of piperazine rings is 1. The number of hydrogen-bond acceptors (Lipinski definition) is 4. The average Bonchev–Trinajstić information content (AvgIpc) is 2.35. The van der Waals surface area contributed by atoms with Crippen LogP contribution >= 0.6 is 0 Å². The van der Waals surface area contributed by atoms with Gasteiger partial charge >= 0.3 is 0 Å². The number of nitrogens with one attached hydrogen (secondary N) is 1. The van der Waals surface area contributed by atoms with Gasteiger partial charge in [0.1, 0.15) is 0 Å². The van der Waals surface area contributed by atoms with E-state index in [1.165, 1.54) is 0 Å². The van der Waals surface area contributed by atoms with Gasteiger partial charge in [-0.2, -0.15) is 4.31 Å². The van der Waals surface area contributed by atoms with E-state index in [1.807, 2.05) is 6.92 Å². The van der Waals surface area contributed by atoms with Crippen molar-refractivity contribution in [3.8, 4) is 0 Å². The largest absolute Gasteiger partial charge is 0.317 e. The minimum absolute atomic E-state index is 0.266. The molecular weight excluding hydrogens is 250 g/mol. The van der Waals surface area contributed by atoms with Crippen LogP contribution in [0.25, 0.3) is 0 Å². The van der Waals surface area contributed by atoms with Gasteiger partial charge in [-0.3, -0.25) is 4.90 Å². The third-order valence-electron chi connectivity index (χ3n) is 3.40. The molecule has 0 aromatic rings. The maximum Gasteiger partial charge on any atom is 0.214 e. The molecule has 0 unspecified atom stereocenters. The van der Waals surface area contributed by atoms with Gasteiger partial charge in [0, 0.05) is 32.2 Å². The van der Waals surface area contributed by atoms with Crippen LogP contribution in [0.5, 0.6) is 0 Å². The maximum absolute atomic E-state index is 12.1. The molecule has 0 atom stereocenters. The van der Waals surface area contributed by atoms with Crippen LogP contribution in [0.3, 0.4) is 0 Å². The summed E-state index contributed by atoms with van der Waals surface area (Å²) in [6.45, 7) is 11.0. The Hall–Kier alpha value is -0.170. The first-order valence-electron chi connectivity index (χ1n) is 6.90. The third-order valence-corrected chi connectivity index (χ3v) is 5.36. The second-order valence-electron chi connectivity index (χ2n) is 5.05. The van der Waals surface area contributed by atoms with E-state index in [4.69, 9.17) is 0 Å². The number of sulfonamides is 1. The Bertz CT molecular complexity index is 322. The third kappa shape index (κ3) is 4.84. The molecule has 108 valence electrons. The number of nitrogens with zero attached hydrogens (tertiary/aromatic N) is 2. The average molecular weight is 277 g/mol. The quantitative estimate of drug-likeness (QED) is 0.682. The summed E-state index contributed by atoms with van der Waals surface area (Å²) in [6.07, 6.45) is 0.695. The highest BCUT2D eigenvalue weighted by molar-refractivity contribution is 7.89. The zero-order chi connectivity index (χ0) is 13.6. The number of rotatable bonds is 7. The van der Waals surface area contributed by atoms with Crippen molar-refractivity contribution >= 4 is 10.0 Å². The summed E-state index contributed by atoms with van der Waals surface area (Å²) in [5.74, 6) is 0.266. The Morgan fingerprint density at radius 3 is 2.28 bits per heavy atom. The van der Waals surface area contributed by atoms with E-state index in [9.17, 15) is 8.42 Å². The van der Waals surface area contributed by atoms with Crippen LogP contribution in [0.1, 0.15) is 27.2 Å². The Labute approximate surface area is 112 Å². The Kier molecular flexibility index (Phi) is 6.55. The van der Waals surface area contributed by atoms with Crippen LogP contribution in [-0.4, -0.2) is 68.7 Å². The molecule has 1 aliphatic rings. The molecular formula is C12H27N3O2S. The lowest BCUT2D eigenvalue weighted by Gasteiger charge is -2.36. The molecule has 0 aromatic carbocycles. The first-order chi connectivity index (χ1) is 8.47. The topological polar surface area (TPSA) is 52.7 Å². The fraction of sp³-hybridized carbons (Fsp3) is 1.00. The fourth-order valence-corrected chi connectivity index (χ4v) is 3.67. The van der Waals surface area contributed by atoms with Gasteiger partial charge in [-0.25, -0.2) is 8.42 Å². The van der Waals surface area contributed by atoms with Gasteiger partial charge < -0.3 is 5.32 Å². The van der Waals surface area contributed by atoms with Crippen molar-refractivity contribution in [1.29, 1.82) is 0 Å². The SMILES string of the molecule is CCNCCCS(=O)(=O)N1CCN(C(C)C)CC1. The van der Waals surface area contributed by atoms with Crippen molar-refractivity contribution in [3.63, 3.8) is 0 Å². The summed E-state index contributed by atoms with van der Waals surface area (Å²) in [4.78, 5) is 2.32. The standard InChI is InChI=1S/C12H27N3O2S/c1-4-13-6-5-11-18(16,17)15-9-7-14(8-10-15)12(2)3/h12-13H,4-11H2,1-3H3. The highest BCUT2D eigenvalue weighted by Crippen LogP contribution is 2.10. The molecule has 0 radical (unpaired) electrons. The summed E-state index contributed by atoms with van der Waals surface area (Å²) >= 11 is 0. The Morgan fingerprint density at radius 1 is 1.17 bits per heavy atom. The molecule has 5 nitrogen and oxygen atoms in total. The second kappa shape index (κ2) is 7.43. The van der Waals surface area contributed by atoms with E-state index in [0.717, 1.165) is 26.2 Å². The molecule has 0 aliphatic carbocycles. The summed E-state index contributed by atoms with van der Waals surface area (Å²) in [6, 6.07) is 0.503. The molecule has 1 rings (SSSR count). The van der Waals surface area contributed by atoms with E-state index in [0.29, 0.717) is 25.6 Å². The van der Waals surface area contributed by atoms with E-state index >= 15 is 0 Å². The van der Waals surface area contributed by atoms with Crippen molar-refractivity contribution in [1.82, 2.24) is 14.5 Å². The predicted octanol–water partition coefficient (Wildman–Crippen LogP) is 0.342. The van der Waals surface area contributed by atoms with E-state index in [1.54, 1.807) is 4.31 Å². The normalized spacial score (nSPS) is 19.6. The lowest BCUT2D eigenvalue weighted by molar-refractivity contribution is 0.154. The van der Waals surface area contributed by atoms with Crippen LogP contribution in [0, 0.1) is 0 Å². The molecule has 1 aliphatic heterocycles. The maximum atomic E-state index is 12.1. The Balaban J connectivity index is 2.36. The van der Waals surface area contributed by atoms with Crippen LogP contribution < -0.4 is 5.32 Å². The molecule has 0 amide bonds. The van der Waals surface area contributed by atoms with Gasteiger partial charge in [-0.15, -0.1) is 0 Å². The van der Waals surface area contributed by atoms with E-state index < -0.39 is 10.0 Å². The molecule has 1 fully saturated rings. The lowest BCUT2D eigenvalue weighted by atomic mass is 10.3. The lowest BCUT2D eigenvalue weighted by Crippen LogP contribution is -2.51. The molecule has 0 bridgehead atoms. The number of hydrogen-bond donors (Lipinski definition) is 1. The summed E-state index contributed by atoms with van der Waals surface area (Å²) in [5.41, 5.74) is 0.